The molecular weight excluding hydrogens is 404 g/mol. The van der Waals surface area contributed by atoms with Crippen LogP contribution in [0.5, 0.6) is 5.75 Å². The second-order valence-corrected chi connectivity index (χ2v) is 7.18. The summed E-state index contributed by atoms with van der Waals surface area (Å²) in [6.45, 7) is 0. The van der Waals surface area contributed by atoms with E-state index < -0.39 is 0 Å². The molecule has 32 heavy (non-hydrogen) atoms. The van der Waals surface area contributed by atoms with E-state index in [0.29, 0.717) is 22.9 Å². The number of nitrogens with one attached hydrogen (secondary N) is 2. The lowest BCUT2D eigenvalue weighted by Gasteiger charge is -2.03. The summed E-state index contributed by atoms with van der Waals surface area (Å²) in [4.78, 5) is 25.6. The standard InChI is InChI=1S/C23H16N8O/c1-32-15-7-14(10-25-11-15)18-8-17-19(12-27-18)30-31-21(17)23-28-20-16(4-6-26-22(20)29-23)13-3-2-5-24-9-13/h2-12H,1H3,(H,30,31)(H,26,28,29). The van der Waals surface area contributed by atoms with Gasteiger partial charge in [-0.3, -0.25) is 20.1 Å². The Morgan fingerprint density at radius 2 is 1.84 bits per heavy atom. The van der Waals surface area contributed by atoms with Crippen LogP contribution in [0.25, 0.3) is 56.0 Å². The summed E-state index contributed by atoms with van der Waals surface area (Å²) in [5.41, 5.74) is 6.48. The first-order chi connectivity index (χ1) is 15.8. The summed E-state index contributed by atoms with van der Waals surface area (Å²) >= 11 is 0. The zero-order valence-corrected chi connectivity index (χ0v) is 16.9. The molecule has 0 unspecified atom stereocenters. The van der Waals surface area contributed by atoms with Crippen LogP contribution in [-0.4, -0.2) is 47.2 Å². The van der Waals surface area contributed by atoms with Gasteiger partial charge in [-0.2, -0.15) is 5.10 Å². The van der Waals surface area contributed by atoms with Gasteiger partial charge in [-0.1, -0.05) is 6.07 Å². The number of imidazole rings is 1. The average molecular weight is 420 g/mol. The molecule has 0 aliphatic heterocycles. The van der Waals surface area contributed by atoms with Gasteiger partial charge in [0.15, 0.2) is 11.5 Å². The fourth-order valence-electron chi connectivity index (χ4n) is 3.70. The minimum atomic E-state index is 0.621. The Morgan fingerprint density at radius 3 is 2.72 bits per heavy atom. The second kappa shape index (κ2) is 7.24. The first-order valence-electron chi connectivity index (χ1n) is 9.89. The Kier molecular flexibility index (Phi) is 4.10. The van der Waals surface area contributed by atoms with E-state index in [1.54, 1.807) is 38.1 Å². The molecule has 0 aromatic carbocycles. The normalized spacial score (nSPS) is 11.3. The Hall–Kier alpha value is -4.66. The number of H-pyrrole nitrogens is 2. The molecule has 0 radical (unpaired) electrons. The lowest BCUT2D eigenvalue weighted by molar-refractivity contribution is 0.413. The molecule has 0 fully saturated rings. The van der Waals surface area contributed by atoms with Crippen LogP contribution in [0.4, 0.5) is 0 Å². The molecule has 9 nitrogen and oxygen atoms in total. The summed E-state index contributed by atoms with van der Waals surface area (Å²) < 4.78 is 5.29. The van der Waals surface area contributed by atoms with Crippen molar-refractivity contribution in [3.05, 3.63) is 67.5 Å². The molecule has 9 heteroatoms. The summed E-state index contributed by atoms with van der Waals surface area (Å²) in [5, 5.41) is 8.42. The van der Waals surface area contributed by atoms with Crippen molar-refractivity contribution in [3.8, 4) is 39.7 Å². The molecule has 0 saturated heterocycles. The van der Waals surface area contributed by atoms with Crippen LogP contribution >= 0.6 is 0 Å². The highest BCUT2D eigenvalue weighted by atomic mass is 16.5. The van der Waals surface area contributed by atoms with Crippen molar-refractivity contribution in [1.82, 2.24) is 40.1 Å². The maximum absolute atomic E-state index is 5.29. The first-order valence-corrected chi connectivity index (χ1v) is 9.89. The van der Waals surface area contributed by atoms with Gasteiger partial charge in [-0.15, -0.1) is 0 Å². The van der Waals surface area contributed by atoms with Crippen molar-refractivity contribution >= 4 is 22.1 Å². The van der Waals surface area contributed by atoms with Gasteiger partial charge in [0, 0.05) is 46.9 Å². The van der Waals surface area contributed by atoms with E-state index in [4.69, 9.17) is 9.72 Å². The Bertz CT molecular complexity index is 1570. The molecule has 154 valence electrons. The number of pyridine rings is 4. The summed E-state index contributed by atoms with van der Waals surface area (Å²) in [7, 11) is 1.61. The van der Waals surface area contributed by atoms with Gasteiger partial charge in [0.05, 0.1) is 30.7 Å². The summed E-state index contributed by atoms with van der Waals surface area (Å²) in [5.74, 6) is 1.29. The molecule has 0 aliphatic carbocycles. The molecule has 0 amide bonds. The van der Waals surface area contributed by atoms with Crippen LogP contribution in [0.2, 0.25) is 0 Å². The van der Waals surface area contributed by atoms with E-state index in [0.717, 1.165) is 38.8 Å². The molecule has 0 aliphatic rings. The predicted octanol–water partition coefficient (Wildman–Crippen LogP) is 4.03. The van der Waals surface area contributed by atoms with Gasteiger partial charge >= 0.3 is 0 Å². The highest BCUT2D eigenvalue weighted by Gasteiger charge is 2.17. The largest absolute Gasteiger partial charge is 0.495 e. The molecular formula is C23H16N8O. The predicted molar refractivity (Wildman–Crippen MR) is 120 cm³/mol. The van der Waals surface area contributed by atoms with Crippen molar-refractivity contribution in [2.75, 3.05) is 7.11 Å². The number of nitrogens with zero attached hydrogens (tertiary/aromatic N) is 6. The minimum Gasteiger partial charge on any atom is -0.495 e. The average Bonchev–Trinajstić information content (AvgIpc) is 3.48. The van der Waals surface area contributed by atoms with Gasteiger partial charge in [0.1, 0.15) is 17.0 Å². The smallest absolute Gasteiger partial charge is 0.160 e. The fourth-order valence-corrected chi connectivity index (χ4v) is 3.70. The quantitative estimate of drug-likeness (QED) is 0.442. The van der Waals surface area contributed by atoms with Gasteiger partial charge in [0.2, 0.25) is 0 Å². The van der Waals surface area contributed by atoms with Gasteiger partial charge in [0.25, 0.3) is 0 Å². The van der Waals surface area contributed by atoms with Crippen LogP contribution in [0.3, 0.4) is 0 Å². The van der Waals surface area contributed by atoms with Crippen molar-refractivity contribution in [3.63, 3.8) is 0 Å². The van der Waals surface area contributed by atoms with E-state index in [1.807, 2.05) is 36.5 Å². The van der Waals surface area contributed by atoms with Gasteiger partial charge in [-0.25, -0.2) is 9.97 Å². The van der Waals surface area contributed by atoms with Crippen molar-refractivity contribution in [2.24, 2.45) is 0 Å². The first kappa shape index (κ1) is 18.1. The molecule has 2 N–H and O–H groups in total. The maximum atomic E-state index is 5.29. The van der Waals surface area contributed by atoms with Crippen LogP contribution in [0.1, 0.15) is 0 Å². The lowest BCUT2D eigenvalue weighted by Crippen LogP contribution is -1.89. The summed E-state index contributed by atoms with van der Waals surface area (Å²) in [6, 6.07) is 9.70. The summed E-state index contributed by atoms with van der Waals surface area (Å²) in [6.07, 6.45) is 10.5. The van der Waals surface area contributed by atoms with E-state index in [1.165, 1.54) is 0 Å². The third kappa shape index (κ3) is 2.95. The van der Waals surface area contributed by atoms with Crippen molar-refractivity contribution < 1.29 is 4.74 Å². The Balaban J connectivity index is 1.50. The number of aromatic nitrogens is 8. The van der Waals surface area contributed by atoms with E-state index in [-0.39, 0.29) is 0 Å². The van der Waals surface area contributed by atoms with Crippen LogP contribution in [0.15, 0.2) is 67.5 Å². The van der Waals surface area contributed by atoms with Gasteiger partial charge < -0.3 is 9.72 Å². The number of rotatable bonds is 4. The van der Waals surface area contributed by atoms with E-state index in [9.17, 15) is 0 Å². The molecule has 6 aromatic rings. The number of hydrogen-bond acceptors (Lipinski definition) is 7. The molecule has 6 heterocycles. The van der Waals surface area contributed by atoms with Crippen LogP contribution < -0.4 is 4.74 Å². The molecule has 6 rings (SSSR count). The number of aromatic amines is 2. The van der Waals surface area contributed by atoms with Crippen LogP contribution in [0, 0.1) is 0 Å². The van der Waals surface area contributed by atoms with Crippen molar-refractivity contribution in [2.45, 2.75) is 0 Å². The number of hydrogen-bond donors (Lipinski definition) is 2. The number of ether oxygens (including phenoxy) is 1. The third-order valence-electron chi connectivity index (χ3n) is 5.27. The molecule has 0 saturated carbocycles. The molecule has 0 bridgehead atoms. The van der Waals surface area contributed by atoms with E-state index in [2.05, 4.69) is 35.1 Å². The Labute approximate surface area is 181 Å². The van der Waals surface area contributed by atoms with E-state index >= 15 is 0 Å². The second-order valence-electron chi connectivity index (χ2n) is 7.18. The zero-order valence-electron chi connectivity index (χ0n) is 16.9. The SMILES string of the molecule is COc1cncc(-c2cc3c(-c4nc5c(-c6cccnc6)ccnc5[nH]4)n[nH]c3cn2)c1. The maximum Gasteiger partial charge on any atom is 0.160 e. The molecule has 0 atom stereocenters. The molecule has 0 spiro atoms. The topological polar surface area (TPSA) is 118 Å². The lowest BCUT2D eigenvalue weighted by atomic mass is 10.1. The third-order valence-corrected chi connectivity index (χ3v) is 5.27. The van der Waals surface area contributed by atoms with Crippen molar-refractivity contribution in [1.29, 1.82) is 0 Å². The van der Waals surface area contributed by atoms with Crippen LogP contribution in [-0.2, 0) is 0 Å². The number of methoxy groups -OCH3 is 1. The fraction of sp³-hybridized carbons (Fsp3) is 0.0435. The highest BCUT2D eigenvalue weighted by molar-refractivity contribution is 5.96. The zero-order chi connectivity index (χ0) is 21.5. The molecule has 6 aromatic heterocycles. The Morgan fingerprint density at radius 1 is 0.906 bits per heavy atom. The monoisotopic (exact) mass is 420 g/mol. The highest BCUT2D eigenvalue weighted by Crippen LogP contribution is 2.31. The number of fused-ring (bicyclic) bond motifs is 2. The minimum absolute atomic E-state index is 0.621. The van der Waals surface area contributed by atoms with Gasteiger partial charge in [-0.05, 0) is 24.3 Å².